The molecule has 0 spiro atoms. The molecule has 27 heavy (non-hydrogen) atoms. The summed E-state index contributed by atoms with van der Waals surface area (Å²) in [4.78, 5) is 21.8. The van der Waals surface area contributed by atoms with E-state index >= 15 is 0 Å². The standard InChI is InChI=1S/C21H25N5O/c1-4-15-11-10-12-16(5-2)19(15)25-18(6-3)23-20(24-21(25)27)26(22)17-13-8-7-9-14-17/h7-14H,4-6,22H2,1-3H3. The van der Waals surface area contributed by atoms with Crippen LogP contribution in [0.4, 0.5) is 11.6 Å². The van der Waals surface area contributed by atoms with Gasteiger partial charge in [0.05, 0.1) is 11.4 Å². The molecule has 140 valence electrons. The molecule has 2 aromatic carbocycles. The Hall–Kier alpha value is -2.99. The van der Waals surface area contributed by atoms with Crippen molar-refractivity contribution in [2.45, 2.75) is 40.0 Å². The van der Waals surface area contributed by atoms with E-state index in [1.807, 2.05) is 55.5 Å². The first-order valence-electron chi connectivity index (χ1n) is 9.31. The van der Waals surface area contributed by atoms with E-state index in [0.29, 0.717) is 12.2 Å². The zero-order valence-corrected chi connectivity index (χ0v) is 16.0. The van der Waals surface area contributed by atoms with Gasteiger partial charge in [0.15, 0.2) is 0 Å². The maximum atomic E-state index is 13.0. The van der Waals surface area contributed by atoms with Gasteiger partial charge < -0.3 is 0 Å². The third-order valence-electron chi connectivity index (χ3n) is 4.63. The molecule has 6 nitrogen and oxygen atoms in total. The molecular formula is C21H25N5O. The van der Waals surface area contributed by atoms with Crippen molar-refractivity contribution in [3.8, 4) is 5.69 Å². The third kappa shape index (κ3) is 3.61. The fourth-order valence-corrected chi connectivity index (χ4v) is 3.21. The number of hydrogen-bond acceptors (Lipinski definition) is 5. The lowest BCUT2D eigenvalue weighted by Crippen LogP contribution is -2.34. The Morgan fingerprint density at radius 1 is 0.889 bits per heavy atom. The van der Waals surface area contributed by atoms with Crippen molar-refractivity contribution in [2.24, 2.45) is 5.84 Å². The maximum Gasteiger partial charge on any atom is 0.356 e. The van der Waals surface area contributed by atoms with Crippen LogP contribution in [0, 0.1) is 0 Å². The Morgan fingerprint density at radius 2 is 1.52 bits per heavy atom. The number of rotatable bonds is 6. The lowest BCUT2D eigenvalue weighted by atomic mass is 10.0. The van der Waals surface area contributed by atoms with Crippen LogP contribution >= 0.6 is 0 Å². The third-order valence-corrected chi connectivity index (χ3v) is 4.63. The number of nitrogens with zero attached hydrogens (tertiary/aromatic N) is 4. The molecule has 0 saturated heterocycles. The van der Waals surface area contributed by atoms with E-state index in [9.17, 15) is 4.79 Å². The smallest absolute Gasteiger partial charge is 0.247 e. The van der Waals surface area contributed by atoms with E-state index in [4.69, 9.17) is 5.84 Å². The van der Waals surface area contributed by atoms with Crippen molar-refractivity contribution in [3.05, 3.63) is 76.0 Å². The van der Waals surface area contributed by atoms with E-state index in [2.05, 4.69) is 23.8 Å². The summed E-state index contributed by atoms with van der Waals surface area (Å²) < 4.78 is 1.64. The second-order valence-corrected chi connectivity index (χ2v) is 6.25. The van der Waals surface area contributed by atoms with Crippen molar-refractivity contribution >= 4 is 11.6 Å². The zero-order valence-electron chi connectivity index (χ0n) is 16.0. The van der Waals surface area contributed by atoms with Crippen LogP contribution in [0.25, 0.3) is 5.69 Å². The van der Waals surface area contributed by atoms with Gasteiger partial charge in [-0.1, -0.05) is 57.2 Å². The van der Waals surface area contributed by atoms with Crippen LogP contribution in [0.5, 0.6) is 0 Å². The number of hydrogen-bond donors (Lipinski definition) is 1. The van der Waals surface area contributed by atoms with Gasteiger partial charge in [-0.2, -0.15) is 9.97 Å². The monoisotopic (exact) mass is 363 g/mol. The van der Waals surface area contributed by atoms with Crippen molar-refractivity contribution < 1.29 is 0 Å². The van der Waals surface area contributed by atoms with E-state index < -0.39 is 0 Å². The molecule has 0 bridgehead atoms. The van der Waals surface area contributed by atoms with E-state index in [1.54, 1.807) is 4.57 Å². The molecule has 6 heteroatoms. The number of nitrogens with two attached hydrogens (primary N) is 1. The van der Waals surface area contributed by atoms with Gasteiger partial charge in [0, 0.05) is 6.42 Å². The minimum atomic E-state index is -0.362. The fourth-order valence-electron chi connectivity index (χ4n) is 3.21. The Labute approximate surface area is 159 Å². The van der Waals surface area contributed by atoms with Crippen molar-refractivity contribution in [1.82, 2.24) is 14.5 Å². The number of para-hydroxylation sites is 2. The summed E-state index contributed by atoms with van der Waals surface area (Å²) in [5.74, 6) is 7.02. The minimum absolute atomic E-state index is 0.200. The predicted molar refractivity (Wildman–Crippen MR) is 109 cm³/mol. The average molecular weight is 363 g/mol. The Balaban J connectivity index is 2.19. The summed E-state index contributed by atoms with van der Waals surface area (Å²) in [6.07, 6.45) is 2.25. The van der Waals surface area contributed by atoms with Gasteiger partial charge in [-0.25, -0.2) is 20.2 Å². The summed E-state index contributed by atoms with van der Waals surface area (Å²) in [6.45, 7) is 6.15. The first kappa shape index (κ1) is 18.8. The molecule has 0 atom stereocenters. The Morgan fingerprint density at radius 3 is 2.07 bits per heavy atom. The molecular weight excluding hydrogens is 338 g/mol. The van der Waals surface area contributed by atoms with E-state index in [0.717, 1.165) is 35.3 Å². The van der Waals surface area contributed by atoms with Crippen molar-refractivity contribution in [1.29, 1.82) is 0 Å². The molecule has 0 unspecified atom stereocenters. The fraction of sp³-hybridized carbons (Fsp3) is 0.286. The van der Waals surface area contributed by atoms with Crippen LogP contribution in [0.15, 0.2) is 53.3 Å². The van der Waals surface area contributed by atoms with Gasteiger partial charge >= 0.3 is 5.69 Å². The van der Waals surface area contributed by atoms with Crippen LogP contribution in [-0.2, 0) is 19.3 Å². The summed E-state index contributed by atoms with van der Waals surface area (Å²) in [5, 5.41) is 1.34. The predicted octanol–water partition coefficient (Wildman–Crippen LogP) is 3.33. The van der Waals surface area contributed by atoms with Crippen LogP contribution in [0.1, 0.15) is 37.7 Å². The maximum absolute atomic E-state index is 13.0. The summed E-state index contributed by atoms with van der Waals surface area (Å²) >= 11 is 0. The average Bonchev–Trinajstić information content (AvgIpc) is 2.72. The van der Waals surface area contributed by atoms with Crippen LogP contribution in [-0.4, -0.2) is 14.5 Å². The van der Waals surface area contributed by atoms with Gasteiger partial charge in [0.1, 0.15) is 5.82 Å². The first-order chi connectivity index (χ1) is 13.1. The molecule has 0 saturated carbocycles. The Bertz CT molecular complexity index is 959. The SMILES string of the molecule is CCc1cccc(CC)c1-n1c(CC)nc(N(N)c2ccccc2)nc1=O. The van der Waals surface area contributed by atoms with Gasteiger partial charge in [-0.3, -0.25) is 0 Å². The molecule has 0 fully saturated rings. The van der Waals surface area contributed by atoms with Crippen LogP contribution in [0.3, 0.4) is 0 Å². The number of benzene rings is 2. The lowest BCUT2D eigenvalue weighted by molar-refractivity contribution is 0.744. The number of anilines is 2. The van der Waals surface area contributed by atoms with E-state index in [-0.39, 0.29) is 11.6 Å². The second kappa shape index (κ2) is 8.14. The molecule has 3 aromatic rings. The topological polar surface area (TPSA) is 77.0 Å². The van der Waals surface area contributed by atoms with Gasteiger partial charge in [-0.05, 0) is 36.1 Å². The highest BCUT2D eigenvalue weighted by Gasteiger charge is 2.18. The minimum Gasteiger partial charge on any atom is -0.247 e. The molecule has 0 aliphatic rings. The van der Waals surface area contributed by atoms with Crippen molar-refractivity contribution in [2.75, 3.05) is 5.01 Å². The largest absolute Gasteiger partial charge is 0.356 e. The van der Waals surface area contributed by atoms with Crippen molar-refractivity contribution in [3.63, 3.8) is 0 Å². The highest BCUT2D eigenvalue weighted by molar-refractivity contribution is 5.55. The normalized spacial score (nSPS) is 10.8. The lowest BCUT2D eigenvalue weighted by Gasteiger charge is -2.21. The molecule has 1 heterocycles. The Kier molecular flexibility index (Phi) is 5.66. The quantitative estimate of drug-likeness (QED) is 0.537. The number of aromatic nitrogens is 3. The number of aryl methyl sites for hydroxylation is 3. The highest BCUT2D eigenvalue weighted by atomic mass is 16.1. The zero-order chi connectivity index (χ0) is 19.4. The second-order valence-electron chi connectivity index (χ2n) is 6.25. The molecule has 0 aliphatic heterocycles. The molecule has 1 aromatic heterocycles. The summed E-state index contributed by atoms with van der Waals surface area (Å²) in [7, 11) is 0. The molecule has 0 aliphatic carbocycles. The van der Waals surface area contributed by atoms with Crippen LogP contribution < -0.4 is 16.5 Å². The summed E-state index contributed by atoms with van der Waals surface area (Å²) in [6, 6.07) is 15.5. The first-order valence-corrected chi connectivity index (χ1v) is 9.31. The van der Waals surface area contributed by atoms with Crippen LogP contribution in [0.2, 0.25) is 0 Å². The van der Waals surface area contributed by atoms with Gasteiger partial charge in [0.2, 0.25) is 0 Å². The van der Waals surface area contributed by atoms with Gasteiger partial charge in [-0.15, -0.1) is 0 Å². The highest BCUT2D eigenvalue weighted by Crippen LogP contribution is 2.23. The molecule has 3 rings (SSSR count). The summed E-state index contributed by atoms with van der Waals surface area (Å²) in [5.41, 5.74) is 3.48. The van der Waals surface area contributed by atoms with Gasteiger partial charge in [0.25, 0.3) is 5.95 Å². The van der Waals surface area contributed by atoms with E-state index in [1.165, 1.54) is 5.01 Å². The molecule has 0 amide bonds. The number of hydrazine groups is 1. The molecule has 0 radical (unpaired) electrons. The molecule has 2 N–H and O–H groups in total.